The lowest BCUT2D eigenvalue weighted by Crippen LogP contribution is -2.26. The Labute approximate surface area is 123 Å². The summed E-state index contributed by atoms with van der Waals surface area (Å²) in [5, 5.41) is 10.2. The molecule has 0 saturated heterocycles. The third-order valence-electron chi connectivity index (χ3n) is 4.56. The molecule has 1 aromatic rings. The molecule has 0 amide bonds. The van der Waals surface area contributed by atoms with E-state index < -0.39 is 0 Å². The number of benzene rings is 1. The summed E-state index contributed by atoms with van der Waals surface area (Å²) < 4.78 is 0. The number of aromatic hydroxyl groups is 1. The highest BCUT2D eigenvalue weighted by Crippen LogP contribution is 2.56. The Hall–Kier alpha value is -1.54. The number of hydrogen-bond acceptors (Lipinski definition) is 2. The van der Waals surface area contributed by atoms with Crippen LogP contribution < -0.4 is 0 Å². The average Bonchev–Trinajstić information content (AvgIpc) is 2.75. The van der Waals surface area contributed by atoms with Crippen molar-refractivity contribution in [3.8, 4) is 5.75 Å². The number of Topliss-reactive ketones (excluding diaryl/α,β-unsaturated/α-hetero) is 1. The van der Waals surface area contributed by atoms with E-state index in [2.05, 4.69) is 6.08 Å². The summed E-state index contributed by atoms with van der Waals surface area (Å²) in [7, 11) is 0. The molecule has 1 unspecified atom stereocenters. The van der Waals surface area contributed by atoms with Gasteiger partial charge in [0.2, 0.25) is 0 Å². The summed E-state index contributed by atoms with van der Waals surface area (Å²) in [6.45, 7) is 3.91. The predicted octanol–water partition coefficient (Wildman–Crippen LogP) is 4.30. The van der Waals surface area contributed by atoms with Gasteiger partial charge in [0.15, 0.2) is 5.78 Å². The van der Waals surface area contributed by atoms with Crippen LogP contribution in [-0.4, -0.2) is 10.9 Å². The van der Waals surface area contributed by atoms with Crippen molar-refractivity contribution in [3.63, 3.8) is 0 Å². The first-order valence-electron chi connectivity index (χ1n) is 6.89. The van der Waals surface area contributed by atoms with Crippen LogP contribution in [0.25, 0.3) is 5.57 Å². The Kier molecular flexibility index (Phi) is 3.02. The lowest BCUT2D eigenvalue weighted by atomic mass is 9.70. The molecule has 0 heterocycles. The molecule has 0 bridgehead atoms. The van der Waals surface area contributed by atoms with E-state index >= 15 is 0 Å². The van der Waals surface area contributed by atoms with Crippen LogP contribution in [0, 0.1) is 5.41 Å². The Bertz CT molecular complexity index is 670. The fourth-order valence-corrected chi connectivity index (χ4v) is 3.92. The van der Waals surface area contributed by atoms with Gasteiger partial charge < -0.3 is 5.11 Å². The largest absolute Gasteiger partial charge is 0.506 e. The van der Waals surface area contributed by atoms with Gasteiger partial charge in [-0.2, -0.15) is 0 Å². The minimum Gasteiger partial charge on any atom is -0.506 e. The third-order valence-corrected chi connectivity index (χ3v) is 4.98. The lowest BCUT2D eigenvalue weighted by Gasteiger charge is -2.33. The second kappa shape index (κ2) is 4.49. The molecule has 0 spiro atoms. The molecule has 3 heteroatoms. The van der Waals surface area contributed by atoms with E-state index in [1.165, 1.54) is 0 Å². The Balaban J connectivity index is 2.32. The highest BCUT2D eigenvalue weighted by molar-refractivity contribution is 6.33. The molecule has 104 valence electrons. The van der Waals surface area contributed by atoms with E-state index in [0.29, 0.717) is 11.4 Å². The zero-order valence-electron chi connectivity index (χ0n) is 11.7. The summed E-state index contributed by atoms with van der Waals surface area (Å²) in [5.74, 6) is 0.335. The SMILES string of the molecule is C/C=C/C12CCC(=O)C(C)=C1c1ccc(O)c(Cl)c1C2. The first kappa shape index (κ1) is 13.4. The van der Waals surface area contributed by atoms with Crippen LogP contribution in [0.1, 0.15) is 37.8 Å². The summed E-state index contributed by atoms with van der Waals surface area (Å²) in [6, 6.07) is 3.51. The van der Waals surface area contributed by atoms with Gasteiger partial charge in [0.1, 0.15) is 5.75 Å². The standard InChI is InChI=1S/C17H17ClO2/c1-3-7-17-8-6-13(19)10(2)15(17)11-4-5-14(20)16(18)12(11)9-17/h3-5,7,20H,6,8-9H2,1-2H3/b7-3+. The van der Waals surface area contributed by atoms with Crippen molar-refractivity contribution < 1.29 is 9.90 Å². The number of allylic oxidation sites excluding steroid dienone is 4. The number of phenols is 1. The highest BCUT2D eigenvalue weighted by Gasteiger charge is 2.45. The van der Waals surface area contributed by atoms with Crippen molar-refractivity contribution in [1.29, 1.82) is 0 Å². The van der Waals surface area contributed by atoms with E-state index in [1.54, 1.807) is 6.07 Å². The second-order valence-electron chi connectivity index (χ2n) is 5.68. The number of ketones is 1. The van der Waals surface area contributed by atoms with Crippen molar-refractivity contribution >= 4 is 23.0 Å². The normalized spacial score (nSPS) is 25.2. The number of phenolic OH excluding ortho intramolecular Hbond substituents is 1. The van der Waals surface area contributed by atoms with Crippen molar-refractivity contribution in [2.75, 3.05) is 0 Å². The molecule has 0 aliphatic heterocycles. The Morgan fingerprint density at radius 2 is 2.15 bits per heavy atom. The minimum atomic E-state index is -0.132. The molecule has 20 heavy (non-hydrogen) atoms. The molecule has 0 fully saturated rings. The van der Waals surface area contributed by atoms with Crippen molar-refractivity contribution in [2.24, 2.45) is 5.41 Å². The molecule has 1 atom stereocenters. The highest BCUT2D eigenvalue weighted by atomic mass is 35.5. The first-order chi connectivity index (χ1) is 9.50. The monoisotopic (exact) mass is 288 g/mol. The minimum absolute atomic E-state index is 0.115. The van der Waals surface area contributed by atoms with Crippen LogP contribution in [0.15, 0.2) is 29.9 Å². The number of hydrogen-bond donors (Lipinski definition) is 1. The second-order valence-corrected chi connectivity index (χ2v) is 6.06. The van der Waals surface area contributed by atoms with E-state index in [1.807, 2.05) is 26.0 Å². The number of carbonyl (C=O) groups is 1. The van der Waals surface area contributed by atoms with Gasteiger partial charge in [0.05, 0.1) is 5.02 Å². The maximum Gasteiger partial charge on any atom is 0.158 e. The van der Waals surface area contributed by atoms with Crippen molar-refractivity contribution in [2.45, 2.75) is 33.1 Å². The number of carbonyl (C=O) groups excluding carboxylic acids is 1. The molecule has 1 N–H and O–H groups in total. The van der Waals surface area contributed by atoms with Gasteiger partial charge in [-0.1, -0.05) is 29.8 Å². The van der Waals surface area contributed by atoms with Gasteiger partial charge in [0.25, 0.3) is 0 Å². The fourth-order valence-electron chi connectivity index (χ4n) is 3.68. The van der Waals surface area contributed by atoms with E-state index in [9.17, 15) is 9.90 Å². The van der Waals surface area contributed by atoms with E-state index in [-0.39, 0.29) is 16.9 Å². The zero-order chi connectivity index (χ0) is 14.5. The third kappa shape index (κ3) is 1.68. The molecule has 0 saturated carbocycles. The Morgan fingerprint density at radius 1 is 1.40 bits per heavy atom. The fraction of sp³-hybridized carbons (Fsp3) is 0.353. The van der Waals surface area contributed by atoms with Gasteiger partial charge in [-0.05, 0) is 55.0 Å². The topological polar surface area (TPSA) is 37.3 Å². The van der Waals surface area contributed by atoms with Gasteiger partial charge in [-0.3, -0.25) is 4.79 Å². The number of rotatable bonds is 1. The Morgan fingerprint density at radius 3 is 2.85 bits per heavy atom. The van der Waals surface area contributed by atoms with Gasteiger partial charge >= 0.3 is 0 Å². The first-order valence-corrected chi connectivity index (χ1v) is 7.27. The predicted molar refractivity (Wildman–Crippen MR) is 80.9 cm³/mol. The van der Waals surface area contributed by atoms with Crippen LogP contribution in [-0.2, 0) is 11.2 Å². The maximum atomic E-state index is 12.1. The molecule has 2 aliphatic carbocycles. The average molecular weight is 289 g/mol. The van der Waals surface area contributed by atoms with E-state index in [4.69, 9.17) is 11.6 Å². The summed E-state index contributed by atoms with van der Waals surface area (Å²) in [5.41, 5.74) is 3.80. The van der Waals surface area contributed by atoms with Crippen LogP contribution in [0.4, 0.5) is 0 Å². The van der Waals surface area contributed by atoms with Crippen molar-refractivity contribution in [3.05, 3.63) is 46.0 Å². The molecule has 1 aromatic carbocycles. The molecule has 0 aromatic heterocycles. The van der Waals surface area contributed by atoms with Crippen LogP contribution in [0.3, 0.4) is 0 Å². The molecule has 0 radical (unpaired) electrons. The zero-order valence-corrected chi connectivity index (χ0v) is 12.4. The van der Waals surface area contributed by atoms with Crippen LogP contribution in [0.2, 0.25) is 5.02 Å². The smallest absolute Gasteiger partial charge is 0.158 e. The van der Waals surface area contributed by atoms with Crippen molar-refractivity contribution in [1.82, 2.24) is 0 Å². The number of fused-ring (bicyclic) bond motifs is 3. The summed E-state index contributed by atoms with van der Waals surface area (Å²) in [4.78, 5) is 12.1. The summed E-state index contributed by atoms with van der Waals surface area (Å²) >= 11 is 6.27. The quantitative estimate of drug-likeness (QED) is 0.782. The molecule has 2 aliphatic rings. The van der Waals surface area contributed by atoms with Crippen LogP contribution >= 0.6 is 11.6 Å². The molecular weight excluding hydrogens is 272 g/mol. The molecule has 2 nitrogen and oxygen atoms in total. The molecular formula is C17H17ClO2. The maximum absolute atomic E-state index is 12.1. The van der Waals surface area contributed by atoms with Gasteiger partial charge in [-0.25, -0.2) is 0 Å². The van der Waals surface area contributed by atoms with E-state index in [0.717, 1.165) is 35.1 Å². The number of halogens is 1. The lowest BCUT2D eigenvalue weighted by molar-refractivity contribution is -0.116. The molecule has 3 rings (SSSR count). The van der Waals surface area contributed by atoms with Gasteiger partial charge in [0, 0.05) is 11.8 Å². The van der Waals surface area contributed by atoms with Crippen LogP contribution in [0.5, 0.6) is 5.75 Å². The summed E-state index contributed by atoms with van der Waals surface area (Å²) in [6.07, 6.45) is 6.39. The van der Waals surface area contributed by atoms with Gasteiger partial charge in [-0.15, -0.1) is 0 Å².